The Kier molecular flexibility index (Phi) is 3.29. The highest BCUT2D eigenvalue weighted by molar-refractivity contribution is 7.13. The molecule has 4 rings (SSSR count). The molecule has 0 aliphatic rings. The number of halogens is 1. The molecule has 0 atom stereocenters. The first kappa shape index (κ1) is 13.3. The third-order valence-corrected chi connectivity index (χ3v) is 4.26. The zero-order valence-corrected chi connectivity index (χ0v) is 12.9. The lowest BCUT2D eigenvalue weighted by molar-refractivity contribution is 0.453. The van der Waals surface area contributed by atoms with Crippen LogP contribution < -0.4 is 4.74 Å². The van der Waals surface area contributed by atoms with Gasteiger partial charge in [0.05, 0.1) is 11.1 Å². The average molecular weight is 328 g/mol. The summed E-state index contributed by atoms with van der Waals surface area (Å²) in [6.07, 6.45) is 1.82. The van der Waals surface area contributed by atoms with Crippen LogP contribution in [0, 0.1) is 0 Å². The van der Waals surface area contributed by atoms with Crippen LogP contribution in [0.3, 0.4) is 0 Å². The van der Waals surface area contributed by atoms with Crippen molar-refractivity contribution >= 4 is 28.6 Å². The van der Waals surface area contributed by atoms with Crippen LogP contribution in [0.1, 0.15) is 0 Å². The van der Waals surface area contributed by atoms with Crippen molar-refractivity contribution in [1.82, 2.24) is 14.6 Å². The molecule has 0 amide bonds. The molecular weight excluding hydrogens is 318 g/mol. The molecule has 0 N–H and O–H groups in total. The lowest BCUT2D eigenvalue weighted by Crippen LogP contribution is -1.96. The Hall–Kier alpha value is -2.37. The summed E-state index contributed by atoms with van der Waals surface area (Å²) in [6, 6.07) is 14.9. The summed E-state index contributed by atoms with van der Waals surface area (Å²) in [5.41, 5.74) is 1.73. The van der Waals surface area contributed by atoms with Crippen molar-refractivity contribution in [2.75, 3.05) is 0 Å². The summed E-state index contributed by atoms with van der Waals surface area (Å²) in [6.45, 7) is 0. The number of rotatable bonds is 3. The lowest BCUT2D eigenvalue weighted by atomic mass is 10.3. The number of hydrogen-bond donors (Lipinski definition) is 0. The minimum absolute atomic E-state index is 0.491. The monoisotopic (exact) mass is 327 g/mol. The molecule has 0 bridgehead atoms. The number of aromatic nitrogens is 3. The summed E-state index contributed by atoms with van der Waals surface area (Å²) in [4.78, 5) is 5.48. The summed E-state index contributed by atoms with van der Waals surface area (Å²) >= 11 is 7.62. The fraction of sp³-hybridized carbons (Fsp3) is 0. The van der Waals surface area contributed by atoms with E-state index in [2.05, 4.69) is 10.1 Å². The molecular formula is C16H10ClN3OS. The van der Waals surface area contributed by atoms with Crippen LogP contribution >= 0.6 is 22.9 Å². The van der Waals surface area contributed by atoms with E-state index < -0.39 is 0 Å². The van der Waals surface area contributed by atoms with Crippen LogP contribution in [0.25, 0.3) is 16.2 Å². The topological polar surface area (TPSA) is 39.4 Å². The van der Waals surface area contributed by atoms with Crippen molar-refractivity contribution in [3.63, 3.8) is 0 Å². The minimum Gasteiger partial charge on any atom is -0.438 e. The van der Waals surface area contributed by atoms with Gasteiger partial charge in [-0.05, 0) is 35.7 Å². The highest BCUT2D eigenvalue weighted by atomic mass is 35.5. The van der Waals surface area contributed by atoms with Crippen LogP contribution in [0.2, 0.25) is 5.02 Å². The van der Waals surface area contributed by atoms with E-state index in [9.17, 15) is 0 Å². The maximum atomic E-state index is 5.97. The Morgan fingerprint density at radius 1 is 1.09 bits per heavy atom. The van der Waals surface area contributed by atoms with Gasteiger partial charge in [0.15, 0.2) is 5.65 Å². The quantitative estimate of drug-likeness (QED) is 0.537. The second-order valence-electron chi connectivity index (χ2n) is 4.62. The van der Waals surface area contributed by atoms with Gasteiger partial charge in [0.25, 0.3) is 0 Å². The second-order valence-corrected chi connectivity index (χ2v) is 6.01. The van der Waals surface area contributed by atoms with Crippen molar-refractivity contribution in [2.24, 2.45) is 0 Å². The van der Waals surface area contributed by atoms with E-state index in [0.29, 0.717) is 16.7 Å². The van der Waals surface area contributed by atoms with Gasteiger partial charge in [0.2, 0.25) is 5.88 Å². The maximum Gasteiger partial charge on any atom is 0.237 e. The van der Waals surface area contributed by atoms with E-state index in [-0.39, 0.29) is 0 Å². The SMILES string of the molecule is Clc1cccc(Oc2ccc3ncc(-c4cccs4)n3n2)c1. The van der Waals surface area contributed by atoms with Gasteiger partial charge in [-0.2, -0.15) is 0 Å². The van der Waals surface area contributed by atoms with Gasteiger partial charge in [-0.1, -0.05) is 23.7 Å². The van der Waals surface area contributed by atoms with Crippen LogP contribution in [0.4, 0.5) is 0 Å². The average Bonchev–Trinajstić information content (AvgIpc) is 3.15. The van der Waals surface area contributed by atoms with Crippen molar-refractivity contribution in [1.29, 1.82) is 0 Å². The Balaban J connectivity index is 1.75. The number of hydrogen-bond acceptors (Lipinski definition) is 4. The number of imidazole rings is 1. The van der Waals surface area contributed by atoms with E-state index >= 15 is 0 Å². The van der Waals surface area contributed by atoms with Gasteiger partial charge in [0, 0.05) is 11.1 Å². The Labute approximate surface area is 135 Å². The lowest BCUT2D eigenvalue weighted by Gasteiger charge is -2.06. The summed E-state index contributed by atoms with van der Waals surface area (Å²) in [5.74, 6) is 1.14. The molecule has 4 aromatic rings. The summed E-state index contributed by atoms with van der Waals surface area (Å²) < 4.78 is 7.55. The van der Waals surface area contributed by atoms with Crippen LogP contribution in [0.5, 0.6) is 11.6 Å². The van der Waals surface area contributed by atoms with Gasteiger partial charge in [-0.15, -0.1) is 16.4 Å². The van der Waals surface area contributed by atoms with E-state index in [1.165, 1.54) is 0 Å². The molecule has 0 spiro atoms. The molecule has 3 aromatic heterocycles. The fourth-order valence-corrected chi connectivity index (χ4v) is 3.06. The molecule has 3 heterocycles. The van der Waals surface area contributed by atoms with E-state index in [1.807, 2.05) is 41.9 Å². The third kappa shape index (κ3) is 2.45. The van der Waals surface area contributed by atoms with Gasteiger partial charge in [-0.3, -0.25) is 0 Å². The van der Waals surface area contributed by atoms with E-state index in [4.69, 9.17) is 16.3 Å². The van der Waals surface area contributed by atoms with Crippen molar-refractivity contribution in [2.45, 2.75) is 0 Å². The first-order chi connectivity index (χ1) is 10.8. The van der Waals surface area contributed by atoms with E-state index in [0.717, 1.165) is 16.2 Å². The van der Waals surface area contributed by atoms with Gasteiger partial charge < -0.3 is 4.74 Å². The molecule has 6 heteroatoms. The Morgan fingerprint density at radius 2 is 2.05 bits per heavy atom. The number of benzene rings is 1. The van der Waals surface area contributed by atoms with Crippen molar-refractivity contribution in [3.05, 3.63) is 65.1 Å². The number of fused-ring (bicyclic) bond motifs is 1. The van der Waals surface area contributed by atoms with Crippen LogP contribution in [-0.2, 0) is 0 Å². The van der Waals surface area contributed by atoms with Crippen LogP contribution in [-0.4, -0.2) is 14.6 Å². The van der Waals surface area contributed by atoms with Crippen molar-refractivity contribution < 1.29 is 4.74 Å². The highest BCUT2D eigenvalue weighted by Crippen LogP contribution is 2.27. The zero-order chi connectivity index (χ0) is 14.9. The predicted octanol–water partition coefficient (Wildman–Crippen LogP) is 4.90. The molecule has 0 saturated heterocycles. The fourth-order valence-electron chi connectivity index (χ4n) is 2.15. The van der Waals surface area contributed by atoms with Gasteiger partial charge in [-0.25, -0.2) is 9.50 Å². The van der Waals surface area contributed by atoms with Crippen molar-refractivity contribution in [3.8, 4) is 22.2 Å². The zero-order valence-electron chi connectivity index (χ0n) is 11.3. The van der Waals surface area contributed by atoms with Crippen LogP contribution in [0.15, 0.2) is 60.1 Å². The molecule has 0 unspecified atom stereocenters. The minimum atomic E-state index is 0.491. The molecule has 0 fully saturated rings. The number of thiophene rings is 1. The predicted molar refractivity (Wildman–Crippen MR) is 87.8 cm³/mol. The highest BCUT2D eigenvalue weighted by Gasteiger charge is 2.09. The smallest absolute Gasteiger partial charge is 0.237 e. The maximum absolute atomic E-state index is 5.97. The number of nitrogens with zero attached hydrogens (tertiary/aromatic N) is 3. The summed E-state index contributed by atoms with van der Waals surface area (Å²) in [5, 5.41) is 7.17. The second kappa shape index (κ2) is 5.44. The van der Waals surface area contributed by atoms with Gasteiger partial charge >= 0.3 is 0 Å². The Bertz CT molecular complexity index is 934. The molecule has 0 saturated carbocycles. The first-order valence-corrected chi connectivity index (χ1v) is 7.87. The largest absolute Gasteiger partial charge is 0.438 e. The standard InChI is InChI=1S/C16H10ClN3OS/c17-11-3-1-4-12(9-11)21-16-7-6-15-18-10-13(20(15)19-16)14-5-2-8-22-14/h1-10H. The molecule has 4 nitrogen and oxygen atoms in total. The number of ether oxygens (including phenoxy) is 1. The summed E-state index contributed by atoms with van der Waals surface area (Å²) in [7, 11) is 0. The Morgan fingerprint density at radius 3 is 2.86 bits per heavy atom. The first-order valence-electron chi connectivity index (χ1n) is 6.62. The molecule has 0 radical (unpaired) electrons. The normalized spacial score (nSPS) is 11.0. The van der Waals surface area contributed by atoms with E-state index in [1.54, 1.807) is 34.1 Å². The van der Waals surface area contributed by atoms with Gasteiger partial charge in [0.1, 0.15) is 11.4 Å². The molecule has 0 aliphatic carbocycles. The molecule has 22 heavy (non-hydrogen) atoms. The molecule has 0 aliphatic heterocycles. The third-order valence-electron chi connectivity index (χ3n) is 3.13. The molecule has 1 aromatic carbocycles. The molecule has 108 valence electrons.